The highest BCUT2D eigenvalue weighted by atomic mass is 32.2. The predicted molar refractivity (Wildman–Crippen MR) is 98.8 cm³/mol. The highest BCUT2D eigenvalue weighted by Gasteiger charge is 2.56. The molecule has 1 amide bonds. The maximum absolute atomic E-state index is 12.5. The number of benzene rings is 1. The van der Waals surface area contributed by atoms with E-state index in [0.717, 1.165) is 5.56 Å². The van der Waals surface area contributed by atoms with Gasteiger partial charge in [0.1, 0.15) is 24.2 Å². The van der Waals surface area contributed by atoms with Gasteiger partial charge < -0.3 is 23.7 Å². The normalized spacial score (nSPS) is 37.3. The van der Waals surface area contributed by atoms with E-state index >= 15 is 0 Å². The van der Waals surface area contributed by atoms with E-state index in [4.69, 9.17) is 23.7 Å². The third-order valence-corrected chi connectivity index (χ3v) is 5.91. The molecule has 8 heteroatoms. The number of nitrogens with zero attached hydrogens (tertiary/aromatic N) is 1. The van der Waals surface area contributed by atoms with Gasteiger partial charge in [0.05, 0.1) is 6.61 Å². The molecule has 3 aliphatic rings. The zero-order valence-corrected chi connectivity index (χ0v) is 16.7. The summed E-state index contributed by atoms with van der Waals surface area (Å²) < 4.78 is 31.0. The molecule has 0 radical (unpaired) electrons. The van der Waals surface area contributed by atoms with Crippen LogP contribution >= 0.6 is 11.9 Å². The monoisotopic (exact) mass is 395 g/mol. The molecule has 3 fully saturated rings. The van der Waals surface area contributed by atoms with Gasteiger partial charge in [0, 0.05) is 13.4 Å². The lowest BCUT2D eigenvalue weighted by Crippen LogP contribution is -2.57. The van der Waals surface area contributed by atoms with Crippen LogP contribution in [0, 0.1) is 0 Å². The molecule has 0 bridgehead atoms. The minimum atomic E-state index is -0.682. The van der Waals surface area contributed by atoms with Gasteiger partial charge in [-0.2, -0.15) is 0 Å². The van der Waals surface area contributed by atoms with Crippen LogP contribution in [0.3, 0.4) is 0 Å². The molecule has 27 heavy (non-hydrogen) atoms. The molecule has 0 aromatic heterocycles. The summed E-state index contributed by atoms with van der Waals surface area (Å²) in [5, 5.41) is 0. The van der Waals surface area contributed by atoms with Crippen molar-refractivity contribution in [2.75, 3.05) is 20.0 Å². The summed E-state index contributed by atoms with van der Waals surface area (Å²) in [6.07, 6.45) is 0.165. The third-order valence-electron chi connectivity index (χ3n) is 5.13. The molecule has 1 unspecified atom stereocenters. The summed E-state index contributed by atoms with van der Waals surface area (Å²) in [4.78, 5) is 12.5. The summed E-state index contributed by atoms with van der Waals surface area (Å²) in [5.74, 6) is -0.926. The van der Waals surface area contributed by atoms with E-state index in [-0.39, 0.29) is 36.4 Å². The Bertz CT molecular complexity index is 686. The number of amides is 1. The highest BCUT2D eigenvalue weighted by Crippen LogP contribution is 2.42. The van der Waals surface area contributed by atoms with E-state index in [1.54, 1.807) is 11.4 Å². The van der Waals surface area contributed by atoms with Gasteiger partial charge in [-0.05, 0) is 31.4 Å². The Morgan fingerprint density at radius 1 is 1.19 bits per heavy atom. The minimum Gasteiger partial charge on any atom is -0.353 e. The van der Waals surface area contributed by atoms with Crippen LogP contribution < -0.4 is 0 Å². The highest BCUT2D eigenvalue weighted by molar-refractivity contribution is 7.96. The van der Waals surface area contributed by atoms with E-state index in [1.807, 2.05) is 50.4 Å². The zero-order valence-electron chi connectivity index (χ0n) is 15.9. The largest absolute Gasteiger partial charge is 0.353 e. The molecular weight excluding hydrogens is 370 g/mol. The molecule has 0 spiro atoms. The number of rotatable bonds is 6. The van der Waals surface area contributed by atoms with Crippen LogP contribution in [0.25, 0.3) is 0 Å². The van der Waals surface area contributed by atoms with Crippen molar-refractivity contribution in [3.8, 4) is 0 Å². The fraction of sp³-hybridized carbons (Fsp3) is 0.632. The van der Waals surface area contributed by atoms with E-state index in [9.17, 15) is 4.79 Å². The molecule has 7 nitrogen and oxygen atoms in total. The van der Waals surface area contributed by atoms with Gasteiger partial charge in [0.15, 0.2) is 18.3 Å². The van der Waals surface area contributed by atoms with Crippen LogP contribution in [0.1, 0.15) is 25.3 Å². The number of carbonyl (C=O) groups is 1. The smallest absolute Gasteiger partial charge is 0.246 e. The summed E-state index contributed by atoms with van der Waals surface area (Å²) >= 11 is 1.37. The van der Waals surface area contributed by atoms with Crippen LogP contribution in [-0.2, 0) is 28.5 Å². The van der Waals surface area contributed by atoms with Crippen molar-refractivity contribution in [3.63, 3.8) is 0 Å². The molecule has 0 N–H and O–H groups in total. The Kier molecular flexibility index (Phi) is 5.22. The van der Waals surface area contributed by atoms with Gasteiger partial charge in [-0.25, -0.2) is 0 Å². The van der Waals surface area contributed by atoms with Crippen LogP contribution in [0.5, 0.6) is 0 Å². The van der Waals surface area contributed by atoms with Crippen molar-refractivity contribution in [3.05, 3.63) is 35.9 Å². The van der Waals surface area contributed by atoms with Gasteiger partial charge in [-0.3, -0.25) is 9.10 Å². The van der Waals surface area contributed by atoms with Crippen LogP contribution in [0.15, 0.2) is 30.3 Å². The van der Waals surface area contributed by atoms with Gasteiger partial charge in [-0.15, -0.1) is 0 Å². The first-order valence-corrected chi connectivity index (χ1v) is 10.2. The van der Waals surface area contributed by atoms with Crippen molar-refractivity contribution in [2.24, 2.45) is 0 Å². The standard InChI is InChI=1S/C19H25NO6S/c1-19(2)25-14-12(24-18(22-3)15(14)26-19)10-23-17-13(16(21)20(17)27-4)11-8-6-5-7-9-11/h5-9,12-15,17-18H,10H2,1-4H3/t12-,13+,14-,15-,17-,18?/m1/s1. The number of fused-ring (bicyclic) bond motifs is 1. The van der Waals surface area contributed by atoms with Crippen LogP contribution in [0.4, 0.5) is 0 Å². The first-order valence-electron chi connectivity index (χ1n) is 9.03. The Hall–Kier alpha value is -1.16. The van der Waals surface area contributed by atoms with Gasteiger partial charge in [-0.1, -0.05) is 30.3 Å². The van der Waals surface area contributed by atoms with Gasteiger partial charge in [0.2, 0.25) is 5.91 Å². The zero-order chi connectivity index (χ0) is 19.2. The molecule has 3 heterocycles. The van der Waals surface area contributed by atoms with Gasteiger partial charge in [0.25, 0.3) is 0 Å². The van der Waals surface area contributed by atoms with E-state index in [2.05, 4.69) is 0 Å². The van der Waals surface area contributed by atoms with Crippen molar-refractivity contribution in [1.82, 2.24) is 4.31 Å². The van der Waals surface area contributed by atoms with Crippen molar-refractivity contribution >= 4 is 17.9 Å². The molecule has 4 rings (SSSR count). The molecule has 6 atom stereocenters. The van der Waals surface area contributed by atoms with E-state index < -0.39 is 12.1 Å². The second-order valence-electron chi connectivity index (χ2n) is 7.30. The summed E-state index contributed by atoms with van der Waals surface area (Å²) in [6.45, 7) is 4.04. The molecule has 3 aliphatic heterocycles. The maximum atomic E-state index is 12.5. The second kappa shape index (κ2) is 7.35. The quantitative estimate of drug-likeness (QED) is 0.540. The number of hydrogen-bond donors (Lipinski definition) is 0. The summed E-state index contributed by atoms with van der Waals surface area (Å²) in [7, 11) is 1.59. The average Bonchev–Trinajstić information content (AvgIpc) is 3.12. The molecule has 0 saturated carbocycles. The Morgan fingerprint density at radius 2 is 1.89 bits per heavy atom. The first-order chi connectivity index (χ1) is 12.9. The lowest BCUT2D eigenvalue weighted by Gasteiger charge is -2.45. The van der Waals surface area contributed by atoms with Crippen LogP contribution in [-0.4, -0.2) is 66.8 Å². The Balaban J connectivity index is 1.45. The predicted octanol–water partition coefficient (Wildman–Crippen LogP) is 2.12. The molecule has 1 aromatic rings. The van der Waals surface area contributed by atoms with Crippen molar-refractivity contribution in [2.45, 2.75) is 56.4 Å². The summed E-state index contributed by atoms with van der Waals surface area (Å²) in [5.41, 5.74) is 0.958. The van der Waals surface area contributed by atoms with Crippen molar-refractivity contribution in [1.29, 1.82) is 0 Å². The number of ether oxygens (including phenoxy) is 5. The fourth-order valence-electron chi connectivity index (χ4n) is 3.92. The average molecular weight is 395 g/mol. The number of carbonyl (C=O) groups excluding carboxylic acids is 1. The molecule has 1 aromatic carbocycles. The van der Waals surface area contributed by atoms with Gasteiger partial charge >= 0.3 is 0 Å². The fourth-order valence-corrected chi connectivity index (χ4v) is 4.61. The SMILES string of the molecule is COC1O[C@H](CO[C@@H]2[C@@H](c3ccccc3)C(=O)N2SC)[C@H]2OC(C)(C)O[C@@H]12. The molecule has 3 saturated heterocycles. The number of β-lactam (4-membered cyclic amide) rings is 1. The van der Waals surface area contributed by atoms with Crippen molar-refractivity contribution < 1.29 is 28.5 Å². The lowest BCUT2D eigenvalue weighted by atomic mass is 9.90. The van der Waals surface area contributed by atoms with Crippen LogP contribution in [0.2, 0.25) is 0 Å². The molecule has 0 aliphatic carbocycles. The molecular formula is C19H25NO6S. The second-order valence-corrected chi connectivity index (χ2v) is 8.06. The van der Waals surface area contributed by atoms with E-state index in [0.29, 0.717) is 6.61 Å². The minimum absolute atomic E-state index is 0.0558. The van der Waals surface area contributed by atoms with E-state index in [1.165, 1.54) is 11.9 Å². The first kappa shape index (κ1) is 19.2. The third kappa shape index (κ3) is 3.39. The number of hydrogen-bond acceptors (Lipinski definition) is 7. The lowest BCUT2D eigenvalue weighted by molar-refractivity contribution is -0.236. The Labute approximate surface area is 163 Å². The Morgan fingerprint density at radius 3 is 2.56 bits per heavy atom. The maximum Gasteiger partial charge on any atom is 0.246 e. The molecule has 148 valence electrons. The summed E-state index contributed by atoms with van der Waals surface area (Å²) in [6, 6.07) is 9.71. The number of methoxy groups -OCH3 is 1. The topological polar surface area (TPSA) is 66.5 Å².